The minimum atomic E-state index is -1.03. The average Bonchev–Trinajstić information content (AvgIpc) is 2.44. The molecule has 0 aliphatic carbocycles. The van der Waals surface area contributed by atoms with Crippen molar-refractivity contribution in [2.24, 2.45) is 0 Å². The minimum Gasteiger partial charge on any atom is -0.478 e. The van der Waals surface area contributed by atoms with Gasteiger partial charge in [-0.1, -0.05) is 37.8 Å². The van der Waals surface area contributed by atoms with E-state index < -0.39 is 5.97 Å². The quantitative estimate of drug-likeness (QED) is 0.870. The van der Waals surface area contributed by atoms with E-state index in [2.05, 4.69) is 6.58 Å². The van der Waals surface area contributed by atoms with Gasteiger partial charge in [-0.15, -0.1) is 11.3 Å². The molecule has 0 atom stereocenters. The SMILES string of the molecule is C=Cc1c(/C(=C\CC)C(=O)O)sc2ccccc2c1=O. The standard InChI is InChI=1S/C16H14O3S/c1-3-7-12(16(18)19)15-10(4-2)14(17)11-8-5-6-9-13(11)20-15/h4-9H,2-3H2,1H3,(H,18,19)/b12-7+. The molecular formula is C16H14O3S. The number of aliphatic carboxylic acids is 1. The number of carboxylic acid groups (broad SMARTS) is 1. The van der Waals surface area contributed by atoms with Gasteiger partial charge in [-0.05, 0) is 18.6 Å². The molecule has 0 aliphatic rings. The van der Waals surface area contributed by atoms with Crippen LogP contribution in [0.15, 0.2) is 41.7 Å². The van der Waals surface area contributed by atoms with Crippen LogP contribution in [-0.4, -0.2) is 11.1 Å². The van der Waals surface area contributed by atoms with Gasteiger partial charge >= 0.3 is 5.97 Å². The molecule has 1 aromatic carbocycles. The molecule has 0 fully saturated rings. The molecule has 0 radical (unpaired) electrons. The molecule has 2 rings (SSSR count). The van der Waals surface area contributed by atoms with Gasteiger partial charge in [0, 0.05) is 15.6 Å². The molecule has 1 aromatic heterocycles. The maximum atomic E-state index is 12.4. The third-order valence-corrected chi connectivity index (χ3v) is 4.14. The number of hydrogen-bond acceptors (Lipinski definition) is 3. The molecule has 0 spiro atoms. The number of fused-ring (bicyclic) bond motifs is 1. The van der Waals surface area contributed by atoms with Crippen molar-refractivity contribution in [1.29, 1.82) is 0 Å². The summed E-state index contributed by atoms with van der Waals surface area (Å²) in [5.41, 5.74) is 0.346. The van der Waals surface area contributed by atoms with Crippen LogP contribution in [0.25, 0.3) is 21.7 Å². The van der Waals surface area contributed by atoms with Crippen LogP contribution in [0.1, 0.15) is 23.8 Å². The second-order valence-corrected chi connectivity index (χ2v) is 5.26. The van der Waals surface area contributed by atoms with E-state index >= 15 is 0 Å². The number of rotatable bonds is 4. The Morgan fingerprint density at radius 1 is 1.40 bits per heavy atom. The topological polar surface area (TPSA) is 54.4 Å². The Morgan fingerprint density at radius 3 is 2.70 bits per heavy atom. The summed E-state index contributed by atoms with van der Waals surface area (Å²) in [5.74, 6) is -1.03. The van der Waals surface area contributed by atoms with Crippen LogP contribution in [0.4, 0.5) is 0 Å². The van der Waals surface area contributed by atoms with Gasteiger partial charge < -0.3 is 5.11 Å². The fourth-order valence-electron chi connectivity index (χ4n) is 2.02. The predicted octanol–water partition coefficient (Wildman–Crippen LogP) is 3.78. The second kappa shape index (κ2) is 5.84. The van der Waals surface area contributed by atoms with Crippen molar-refractivity contribution < 1.29 is 9.90 Å². The fourth-order valence-corrected chi connectivity index (χ4v) is 3.23. The first-order valence-electron chi connectivity index (χ1n) is 6.22. The third-order valence-electron chi connectivity index (χ3n) is 2.92. The molecule has 1 heterocycles. The molecular weight excluding hydrogens is 272 g/mol. The van der Waals surface area contributed by atoms with Crippen molar-refractivity contribution in [3.63, 3.8) is 0 Å². The zero-order chi connectivity index (χ0) is 14.7. The maximum Gasteiger partial charge on any atom is 0.336 e. The van der Waals surface area contributed by atoms with Gasteiger partial charge in [0.2, 0.25) is 0 Å². The van der Waals surface area contributed by atoms with Crippen molar-refractivity contribution >= 4 is 39.0 Å². The Bertz CT molecular complexity index is 769. The molecule has 2 aromatic rings. The lowest BCUT2D eigenvalue weighted by atomic mass is 10.1. The summed E-state index contributed by atoms with van der Waals surface area (Å²) in [5, 5.41) is 9.94. The number of benzene rings is 1. The highest BCUT2D eigenvalue weighted by Gasteiger charge is 2.17. The highest BCUT2D eigenvalue weighted by Crippen LogP contribution is 2.29. The van der Waals surface area contributed by atoms with E-state index in [9.17, 15) is 14.7 Å². The Kier molecular flexibility index (Phi) is 4.15. The summed E-state index contributed by atoms with van der Waals surface area (Å²) in [4.78, 5) is 24.3. The van der Waals surface area contributed by atoms with Crippen molar-refractivity contribution in [3.8, 4) is 0 Å². The third kappa shape index (κ3) is 2.42. The van der Waals surface area contributed by atoms with Gasteiger partial charge in [0.05, 0.1) is 10.5 Å². The first-order valence-corrected chi connectivity index (χ1v) is 7.03. The largest absolute Gasteiger partial charge is 0.478 e. The summed E-state index contributed by atoms with van der Waals surface area (Å²) in [6.07, 6.45) is 3.65. The maximum absolute atomic E-state index is 12.4. The highest BCUT2D eigenvalue weighted by atomic mass is 32.1. The first kappa shape index (κ1) is 14.2. The smallest absolute Gasteiger partial charge is 0.336 e. The van der Waals surface area contributed by atoms with Crippen LogP contribution in [0, 0.1) is 0 Å². The Hall–Kier alpha value is -2.20. The summed E-state index contributed by atoms with van der Waals surface area (Å²) in [7, 11) is 0. The first-order chi connectivity index (χ1) is 9.60. The second-order valence-electron chi connectivity index (χ2n) is 4.21. The zero-order valence-corrected chi connectivity index (χ0v) is 11.9. The Balaban J connectivity index is 2.88. The molecule has 20 heavy (non-hydrogen) atoms. The summed E-state index contributed by atoms with van der Waals surface area (Å²) in [6, 6.07) is 7.20. The molecule has 0 bridgehead atoms. The molecule has 102 valence electrons. The molecule has 4 heteroatoms. The van der Waals surface area contributed by atoms with Crippen molar-refractivity contribution in [2.75, 3.05) is 0 Å². The molecule has 1 N–H and O–H groups in total. The molecule has 3 nitrogen and oxygen atoms in total. The Morgan fingerprint density at radius 2 is 2.10 bits per heavy atom. The van der Waals surface area contributed by atoms with E-state index in [0.29, 0.717) is 22.2 Å². The van der Waals surface area contributed by atoms with E-state index in [4.69, 9.17) is 0 Å². The van der Waals surface area contributed by atoms with E-state index in [0.717, 1.165) is 4.70 Å². The lowest BCUT2D eigenvalue weighted by Gasteiger charge is -2.08. The van der Waals surface area contributed by atoms with E-state index in [-0.39, 0.29) is 11.0 Å². The van der Waals surface area contributed by atoms with Crippen molar-refractivity contribution in [3.05, 3.63) is 57.6 Å². The minimum absolute atomic E-state index is 0.162. The molecule has 0 amide bonds. The average molecular weight is 286 g/mol. The van der Waals surface area contributed by atoms with Gasteiger partial charge in [-0.25, -0.2) is 4.79 Å². The lowest BCUT2D eigenvalue weighted by Crippen LogP contribution is -2.10. The summed E-state index contributed by atoms with van der Waals surface area (Å²) >= 11 is 1.31. The van der Waals surface area contributed by atoms with Gasteiger partial charge in [0.1, 0.15) is 0 Å². The lowest BCUT2D eigenvalue weighted by molar-refractivity contribution is -0.130. The molecule has 0 saturated heterocycles. The van der Waals surface area contributed by atoms with Gasteiger partial charge in [0.25, 0.3) is 0 Å². The van der Waals surface area contributed by atoms with E-state index in [1.807, 2.05) is 19.1 Å². The van der Waals surface area contributed by atoms with Gasteiger partial charge in [0.15, 0.2) is 5.43 Å². The fraction of sp³-hybridized carbons (Fsp3) is 0.125. The van der Waals surface area contributed by atoms with Crippen molar-refractivity contribution in [2.45, 2.75) is 13.3 Å². The number of hydrogen-bond donors (Lipinski definition) is 1. The highest BCUT2D eigenvalue weighted by molar-refractivity contribution is 7.19. The Labute approximate surface area is 120 Å². The van der Waals surface area contributed by atoms with Crippen LogP contribution in [0.2, 0.25) is 0 Å². The molecule has 0 unspecified atom stereocenters. The number of carbonyl (C=O) groups is 1. The molecule has 0 aliphatic heterocycles. The van der Waals surface area contributed by atoms with Crippen molar-refractivity contribution in [1.82, 2.24) is 0 Å². The molecule has 0 saturated carbocycles. The van der Waals surface area contributed by atoms with Crippen LogP contribution >= 0.6 is 11.3 Å². The monoisotopic (exact) mass is 286 g/mol. The summed E-state index contributed by atoms with van der Waals surface area (Å²) in [6.45, 7) is 5.51. The number of carboxylic acids is 1. The van der Waals surface area contributed by atoms with E-state index in [1.54, 1.807) is 18.2 Å². The predicted molar refractivity (Wildman–Crippen MR) is 84.1 cm³/mol. The summed E-state index contributed by atoms with van der Waals surface area (Å²) < 4.78 is 0.779. The van der Waals surface area contributed by atoms with E-state index in [1.165, 1.54) is 17.4 Å². The van der Waals surface area contributed by atoms with Crippen LogP contribution in [-0.2, 0) is 4.79 Å². The normalized spacial score (nSPS) is 11.6. The van der Waals surface area contributed by atoms with Crippen LogP contribution in [0.5, 0.6) is 0 Å². The van der Waals surface area contributed by atoms with Crippen LogP contribution in [0.3, 0.4) is 0 Å². The zero-order valence-electron chi connectivity index (χ0n) is 11.1. The van der Waals surface area contributed by atoms with Crippen LogP contribution < -0.4 is 5.43 Å². The van der Waals surface area contributed by atoms with Gasteiger partial charge in [-0.3, -0.25) is 4.79 Å². The number of allylic oxidation sites excluding steroid dienone is 1. The van der Waals surface area contributed by atoms with Gasteiger partial charge in [-0.2, -0.15) is 0 Å².